The molecule has 0 amide bonds. The molecule has 0 aromatic carbocycles. The van der Waals surface area contributed by atoms with Gasteiger partial charge in [0.2, 0.25) is 0 Å². The Morgan fingerprint density at radius 1 is 1.38 bits per heavy atom. The summed E-state index contributed by atoms with van der Waals surface area (Å²) < 4.78 is 4.94. The second kappa shape index (κ2) is 3.34. The molecule has 86 valence electrons. The van der Waals surface area contributed by atoms with Crippen LogP contribution in [0.2, 0.25) is 0 Å². The van der Waals surface area contributed by atoms with E-state index in [1.807, 2.05) is 0 Å². The Morgan fingerprint density at radius 3 is 2.50 bits per heavy atom. The number of carbonyl (C=O) groups is 2. The molecule has 0 aliphatic heterocycles. The minimum atomic E-state index is -1.46. The van der Waals surface area contributed by atoms with Gasteiger partial charge in [-0.1, -0.05) is 0 Å². The highest BCUT2D eigenvalue weighted by molar-refractivity contribution is 5.89. The Labute approximate surface area is 90.1 Å². The van der Waals surface area contributed by atoms with Crippen molar-refractivity contribution in [3.8, 4) is 0 Å². The lowest BCUT2D eigenvalue weighted by Crippen LogP contribution is -2.45. The normalized spacial score (nSPS) is 28.4. The third-order valence-electron chi connectivity index (χ3n) is 2.84. The predicted molar refractivity (Wildman–Crippen MR) is 49.9 cm³/mol. The fraction of sp³-hybridized carbons (Fsp3) is 0.400. The highest BCUT2D eigenvalue weighted by Gasteiger charge is 2.51. The van der Waals surface area contributed by atoms with Gasteiger partial charge in [-0.05, 0) is 18.9 Å². The van der Waals surface area contributed by atoms with Crippen LogP contribution in [-0.4, -0.2) is 27.3 Å². The Hall–Kier alpha value is -1.82. The largest absolute Gasteiger partial charge is 0.481 e. The van der Waals surface area contributed by atoms with Gasteiger partial charge in [-0.15, -0.1) is 0 Å². The summed E-state index contributed by atoms with van der Waals surface area (Å²) in [6, 6.07) is 1.24. The summed E-state index contributed by atoms with van der Waals surface area (Å²) in [5.74, 6) is -2.89. The first-order valence-electron chi connectivity index (χ1n) is 4.70. The van der Waals surface area contributed by atoms with Gasteiger partial charge >= 0.3 is 11.9 Å². The van der Waals surface area contributed by atoms with Crippen LogP contribution in [0, 0.1) is 5.92 Å². The van der Waals surface area contributed by atoms with E-state index in [2.05, 4.69) is 0 Å². The highest BCUT2D eigenvalue weighted by atomic mass is 16.4. The van der Waals surface area contributed by atoms with Crippen LogP contribution in [0.4, 0.5) is 0 Å². The van der Waals surface area contributed by atoms with Crippen molar-refractivity contribution in [2.45, 2.75) is 18.4 Å². The lowest BCUT2D eigenvalue weighted by molar-refractivity contribution is -0.162. The lowest BCUT2D eigenvalue weighted by atomic mass is 9.69. The molecule has 16 heavy (non-hydrogen) atoms. The van der Waals surface area contributed by atoms with E-state index in [4.69, 9.17) is 14.6 Å². The van der Waals surface area contributed by atoms with Crippen molar-refractivity contribution in [3.63, 3.8) is 0 Å². The summed E-state index contributed by atoms with van der Waals surface area (Å²) in [5.41, 5.74) is -1.58. The number of furan rings is 1. The molecule has 1 aromatic rings. The zero-order valence-electron chi connectivity index (χ0n) is 8.21. The van der Waals surface area contributed by atoms with Crippen molar-refractivity contribution in [3.05, 3.63) is 23.7 Å². The van der Waals surface area contributed by atoms with E-state index in [-0.39, 0.29) is 24.2 Å². The molecule has 1 aliphatic rings. The van der Waals surface area contributed by atoms with E-state index in [1.54, 1.807) is 0 Å². The highest BCUT2D eigenvalue weighted by Crippen LogP contribution is 2.47. The molecule has 0 saturated heterocycles. The average molecular weight is 226 g/mol. The molecule has 0 atom stereocenters. The molecule has 1 aliphatic carbocycles. The smallest absolute Gasteiger partial charge is 0.339 e. The minimum Gasteiger partial charge on any atom is -0.481 e. The number of hydrogen-bond donors (Lipinski definition) is 3. The zero-order valence-corrected chi connectivity index (χ0v) is 8.21. The summed E-state index contributed by atoms with van der Waals surface area (Å²) in [4.78, 5) is 21.4. The molecule has 6 nitrogen and oxygen atoms in total. The van der Waals surface area contributed by atoms with Crippen molar-refractivity contribution >= 4 is 11.9 Å². The summed E-state index contributed by atoms with van der Waals surface area (Å²) >= 11 is 0. The first-order valence-corrected chi connectivity index (χ1v) is 4.70. The number of carboxylic acid groups (broad SMARTS) is 2. The quantitative estimate of drug-likeness (QED) is 0.698. The van der Waals surface area contributed by atoms with E-state index in [9.17, 15) is 14.7 Å². The molecule has 0 bridgehead atoms. The van der Waals surface area contributed by atoms with E-state index in [1.165, 1.54) is 12.3 Å². The van der Waals surface area contributed by atoms with Gasteiger partial charge in [-0.3, -0.25) is 4.79 Å². The minimum absolute atomic E-state index is 0.0177. The SMILES string of the molecule is O=C(O)c1ccoc1C1(O)CC(C(=O)O)C1. The van der Waals surface area contributed by atoms with Gasteiger partial charge in [0.25, 0.3) is 0 Å². The molecule has 6 heteroatoms. The van der Waals surface area contributed by atoms with E-state index < -0.39 is 23.5 Å². The van der Waals surface area contributed by atoms with Gasteiger partial charge in [0.1, 0.15) is 16.9 Å². The van der Waals surface area contributed by atoms with E-state index in [0.717, 1.165) is 0 Å². The van der Waals surface area contributed by atoms with Gasteiger partial charge in [0, 0.05) is 0 Å². The monoisotopic (exact) mass is 226 g/mol. The Kier molecular flexibility index (Phi) is 2.23. The van der Waals surface area contributed by atoms with Gasteiger partial charge in [0.15, 0.2) is 0 Å². The second-order valence-electron chi connectivity index (χ2n) is 3.94. The second-order valence-corrected chi connectivity index (χ2v) is 3.94. The van der Waals surface area contributed by atoms with Crippen LogP contribution in [0.25, 0.3) is 0 Å². The maximum atomic E-state index is 10.8. The van der Waals surface area contributed by atoms with Crippen LogP contribution in [-0.2, 0) is 10.4 Å². The maximum absolute atomic E-state index is 10.8. The molecular formula is C10H10O6. The number of aliphatic hydroxyl groups is 1. The number of hydrogen-bond acceptors (Lipinski definition) is 4. The standard InChI is InChI=1S/C10H10O6/c11-8(12)5-3-10(15,4-5)7-6(9(13)14)1-2-16-7/h1-2,5,15H,3-4H2,(H,11,12)(H,13,14). The molecule has 1 heterocycles. The van der Waals surface area contributed by atoms with Gasteiger partial charge in [0.05, 0.1) is 12.2 Å². The van der Waals surface area contributed by atoms with Crippen LogP contribution in [0.15, 0.2) is 16.7 Å². The lowest BCUT2D eigenvalue weighted by Gasteiger charge is -2.39. The van der Waals surface area contributed by atoms with Crippen LogP contribution in [0.3, 0.4) is 0 Å². The Morgan fingerprint density at radius 2 is 2.00 bits per heavy atom. The molecular weight excluding hydrogens is 216 g/mol. The maximum Gasteiger partial charge on any atom is 0.339 e. The van der Waals surface area contributed by atoms with Crippen molar-refractivity contribution in [1.82, 2.24) is 0 Å². The average Bonchev–Trinajstić information content (AvgIpc) is 2.60. The first kappa shape index (κ1) is 10.7. The van der Waals surface area contributed by atoms with Gasteiger partial charge in [-0.2, -0.15) is 0 Å². The van der Waals surface area contributed by atoms with Gasteiger partial charge < -0.3 is 19.7 Å². The van der Waals surface area contributed by atoms with Crippen molar-refractivity contribution < 1.29 is 29.3 Å². The molecule has 0 spiro atoms. The van der Waals surface area contributed by atoms with Crippen molar-refractivity contribution in [2.75, 3.05) is 0 Å². The molecule has 1 aromatic heterocycles. The summed E-state index contributed by atoms with van der Waals surface area (Å²) in [6.45, 7) is 0. The van der Waals surface area contributed by atoms with Crippen molar-refractivity contribution in [1.29, 1.82) is 0 Å². The fourth-order valence-corrected chi connectivity index (χ4v) is 1.95. The zero-order chi connectivity index (χ0) is 11.9. The molecule has 0 unspecified atom stereocenters. The van der Waals surface area contributed by atoms with Crippen LogP contribution < -0.4 is 0 Å². The number of carboxylic acids is 2. The Balaban J connectivity index is 2.23. The number of aliphatic carboxylic acids is 1. The third-order valence-corrected chi connectivity index (χ3v) is 2.84. The van der Waals surface area contributed by atoms with E-state index >= 15 is 0 Å². The fourth-order valence-electron chi connectivity index (χ4n) is 1.95. The van der Waals surface area contributed by atoms with E-state index in [0.29, 0.717) is 0 Å². The summed E-state index contributed by atoms with van der Waals surface area (Å²) in [5, 5.41) is 27.5. The van der Waals surface area contributed by atoms with Crippen molar-refractivity contribution in [2.24, 2.45) is 5.92 Å². The van der Waals surface area contributed by atoms with Crippen LogP contribution >= 0.6 is 0 Å². The molecule has 1 saturated carbocycles. The summed E-state index contributed by atoms with van der Waals surface area (Å²) in [6.07, 6.45) is 1.14. The summed E-state index contributed by atoms with van der Waals surface area (Å²) in [7, 11) is 0. The molecule has 0 radical (unpaired) electrons. The number of rotatable bonds is 3. The molecule has 2 rings (SSSR count). The van der Waals surface area contributed by atoms with Crippen LogP contribution in [0.5, 0.6) is 0 Å². The molecule has 3 N–H and O–H groups in total. The molecule has 1 fully saturated rings. The number of aromatic carboxylic acids is 1. The predicted octanol–water partition coefficient (Wildman–Crippen LogP) is 0.660. The first-order chi connectivity index (χ1) is 7.44. The Bertz CT molecular complexity index is 440. The topological polar surface area (TPSA) is 108 Å². The third kappa shape index (κ3) is 1.47. The van der Waals surface area contributed by atoms with Crippen LogP contribution in [0.1, 0.15) is 29.0 Å². The van der Waals surface area contributed by atoms with Gasteiger partial charge in [-0.25, -0.2) is 4.79 Å².